The molecule has 2 heterocycles. The molecule has 8 nitrogen and oxygen atoms in total. The fourth-order valence-corrected chi connectivity index (χ4v) is 7.33. The minimum atomic E-state index is -1.03. The Labute approximate surface area is 262 Å². The summed E-state index contributed by atoms with van der Waals surface area (Å²) in [4.78, 5) is 30.7. The fraction of sp³-hybridized carbons (Fsp3) is 0.529. The Balaban J connectivity index is 1.34. The van der Waals surface area contributed by atoms with Crippen LogP contribution in [0, 0.1) is 17.6 Å². The predicted octanol–water partition coefficient (Wildman–Crippen LogP) is 6.35. The molecule has 0 bridgehead atoms. The Bertz CT molecular complexity index is 1460. The molecule has 244 valence electrons. The zero-order valence-electron chi connectivity index (χ0n) is 26.5. The van der Waals surface area contributed by atoms with Crippen LogP contribution in [-0.2, 0) is 4.74 Å². The van der Waals surface area contributed by atoms with E-state index < -0.39 is 30.2 Å². The van der Waals surface area contributed by atoms with Crippen molar-refractivity contribution in [3.05, 3.63) is 64.7 Å². The van der Waals surface area contributed by atoms with E-state index in [1.54, 1.807) is 17.0 Å². The third kappa shape index (κ3) is 6.93. The van der Waals surface area contributed by atoms with Gasteiger partial charge in [-0.25, -0.2) is 18.0 Å². The highest BCUT2D eigenvalue weighted by molar-refractivity contribution is 5.95. The zero-order valence-corrected chi connectivity index (χ0v) is 26.5. The molecule has 1 spiro atoms. The number of rotatable bonds is 10. The van der Waals surface area contributed by atoms with Gasteiger partial charge in [0.25, 0.3) is 5.91 Å². The van der Waals surface area contributed by atoms with E-state index in [9.17, 15) is 22.8 Å². The van der Waals surface area contributed by atoms with Crippen LogP contribution in [0.5, 0.6) is 11.5 Å². The first-order valence-corrected chi connectivity index (χ1v) is 15.4. The number of hydrogen-bond acceptors (Lipinski definition) is 6. The Morgan fingerprint density at radius 1 is 1.11 bits per heavy atom. The summed E-state index contributed by atoms with van der Waals surface area (Å²) in [6, 6.07) is 8.14. The van der Waals surface area contributed by atoms with Crippen LogP contribution in [0.15, 0.2) is 42.0 Å². The number of alkyl carbamates (subject to hydrolysis) is 1. The Kier molecular flexibility index (Phi) is 9.39. The summed E-state index contributed by atoms with van der Waals surface area (Å²) in [5.74, 6) is -0.867. The van der Waals surface area contributed by atoms with Gasteiger partial charge in [0.05, 0.1) is 7.11 Å². The summed E-state index contributed by atoms with van der Waals surface area (Å²) in [6.45, 7) is 7.76. The smallest absolute Gasteiger partial charge is 0.407 e. The first-order chi connectivity index (χ1) is 21.3. The van der Waals surface area contributed by atoms with Crippen LogP contribution >= 0.6 is 0 Å². The molecule has 4 unspecified atom stereocenters. The minimum Gasteiger partial charge on any atom is -0.493 e. The highest BCUT2D eigenvalue weighted by Crippen LogP contribution is 2.57. The summed E-state index contributed by atoms with van der Waals surface area (Å²) in [6.07, 6.45) is 4.91. The Hall–Kier alpha value is -3.73. The second-order valence-corrected chi connectivity index (χ2v) is 13.3. The first-order valence-electron chi connectivity index (χ1n) is 15.4. The molecule has 11 heteroatoms. The lowest BCUT2D eigenvalue weighted by Gasteiger charge is -2.55. The Morgan fingerprint density at radius 2 is 1.87 bits per heavy atom. The molecular formula is C34H42F3N3O5. The molecule has 1 N–H and O–H groups in total. The predicted molar refractivity (Wildman–Crippen MR) is 164 cm³/mol. The normalized spacial score (nSPS) is 24.4. The van der Waals surface area contributed by atoms with Crippen molar-refractivity contribution in [2.45, 2.75) is 76.6 Å². The molecule has 2 aliphatic heterocycles. The number of alkyl halides is 1. The maximum Gasteiger partial charge on any atom is 0.407 e. The molecule has 4 atom stereocenters. The number of amides is 2. The van der Waals surface area contributed by atoms with Crippen molar-refractivity contribution in [1.82, 2.24) is 15.1 Å². The van der Waals surface area contributed by atoms with Gasteiger partial charge in [-0.05, 0) is 83.7 Å². The molecular weight excluding hydrogens is 587 g/mol. The second kappa shape index (κ2) is 12.9. The van der Waals surface area contributed by atoms with Gasteiger partial charge in [0.1, 0.15) is 17.2 Å². The van der Waals surface area contributed by atoms with Gasteiger partial charge in [0.2, 0.25) is 6.86 Å². The number of nitrogens with zero attached hydrogens (tertiary/aromatic N) is 2. The van der Waals surface area contributed by atoms with Gasteiger partial charge in [-0.15, -0.1) is 0 Å². The molecule has 2 amide bonds. The third-order valence-corrected chi connectivity index (χ3v) is 9.23. The van der Waals surface area contributed by atoms with Gasteiger partial charge < -0.3 is 24.4 Å². The van der Waals surface area contributed by atoms with Crippen molar-refractivity contribution in [3.63, 3.8) is 0 Å². The van der Waals surface area contributed by atoms with Gasteiger partial charge in [0.15, 0.2) is 11.5 Å². The molecule has 2 aromatic carbocycles. The largest absolute Gasteiger partial charge is 0.493 e. The fourth-order valence-electron chi connectivity index (χ4n) is 7.33. The van der Waals surface area contributed by atoms with Crippen molar-refractivity contribution in [1.29, 1.82) is 0 Å². The SMILES string of the molecule is COc1cc(C(=O)N(C/C(C)=C/c2ccc(F)cc2F)CC2CCC34CCC(NC(=O)OC(C)(C)C)C3CN24)ccc1OCF. The van der Waals surface area contributed by atoms with Crippen LogP contribution < -0.4 is 14.8 Å². The van der Waals surface area contributed by atoms with E-state index in [0.717, 1.165) is 43.9 Å². The van der Waals surface area contributed by atoms with Crippen LogP contribution in [0.4, 0.5) is 18.0 Å². The highest BCUT2D eigenvalue weighted by Gasteiger charge is 2.64. The molecule has 2 aromatic rings. The minimum absolute atomic E-state index is 0.0181. The van der Waals surface area contributed by atoms with Crippen LogP contribution in [0.3, 0.4) is 0 Å². The first kappa shape index (κ1) is 32.7. The van der Waals surface area contributed by atoms with E-state index in [4.69, 9.17) is 14.2 Å². The summed E-state index contributed by atoms with van der Waals surface area (Å²) in [7, 11) is 1.42. The number of halogens is 3. The third-order valence-electron chi connectivity index (χ3n) is 9.23. The number of hydrogen-bond donors (Lipinski definition) is 1. The lowest BCUT2D eigenvalue weighted by atomic mass is 9.75. The van der Waals surface area contributed by atoms with Gasteiger partial charge >= 0.3 is 6.09 Å². The average Bonchev–Trinajstić information content (AvgIpc) is 3.37. The van der Waals surface area contributed by atoms with E-state index >= 15 is 0 Å². The summed E-state index contributed by atoms with van der Waals surface area (Å²) in [5.41, 5.74) is 0.705. The van der Waals surface area contributed by atoms with Crippen molar-refractivity contribution < 1.29 is 37.0 Å². The van der Waals surface area contributed by atoms with E-state index in [1.165, 1.54) is 31.4 Å². The monoisotopic (exact) mass is 629 g/mol. The molecule has 45 heavy (non-hydrogen) atoms. The van der Waals surface area contributed by atoms with E-state index in [2.05, 4.69) is 10.2 Å². The van der Waals surface area contributed by atoms with Gasteiger partial charge in [-0.2, -0.15) is 0 Å². The lowest BCUT2D eigenvalue weighted by molar-refractivity contribution is -0.0618. The number of benzene rings is 2. The van der Waals surface area contributed by atoms with Crippen molar-refractivity contribution in [2.75, 3.05) is 33.6 Å². The lowest BCUT2D eigenvalue weighted by Crippen LogP contribution is -2.67. The van der Waals surface area contributed by atoms with E-state index in [1.807, 2.05) is 27.7 Å². The maximum absolute atomic E-state index is 14.4. The zero-order chi connectivity index (χ0) is 32.5. The number of methoxy groups -OCH3 is 1. The van der Waals surface area contributed by atoms with E-state index in [-0.39, 0.29) is 47.1 Å². The molecule has 3 fully saturated rings. The van der Waals surface area contributed by atoms with Gasteiger partial charge in [0, 0.05) is 60.4 Å². The summed E-state index contributed by atoms with van der Waals surface area (Å²) >= 11 is 0. The highest BCUT2D eigenvalue weighted by atomic mass is 19.1. The van der Waals surface area contributed by atoms with Crippen molar-refractivity contribution in [2.24, 2.45) is 5.92 Å². The molecule has 3 aliphatic rings. The molecule has 0 aromatic heterocycles. The van der Waals surface area contributed by atoms with Crippen molar-refractivity contribution >= 4 is 18.1 Å². The van der Waals surface area contributed by atoms with E-state index in [0.29, 0.717) is 18.0 Å². The number of carbonyl (C=O) groups is 2. The maximum atomic E-state index is 14.4. The van der Waals surface area contributed by atoms with Gasteiger partial charge in [-0.1, -0.05) is 11.6 Å². The molecule has 0 radical (unpaired) electrons. The van der Waals surface area contributed by atoms with Crippen molar-refractivity contribution in [3.8, 4) is 11.5 Å². The molecule has 5 rings (SSSR count). The van der Waals surface area contributed by atoms with Crippen LogP contribution in [0.25, 0.3) is 6.08 Å². The number of carbonyl (C=O) groups excluding carboxylic acids is 2. The summed E-state index contributed by atoms with van der Waals surface area (Å²) < 4.78 is 56.6. The second-order valence-electron chi connectivity index (χ2n) is 13.3. The summed E-state index contributed by atoms with van der Waals surface area (Å²) in [5, 5.41) is 3.09. The van der Waals surface area contributed by atoms with Crippen LogP contribution in [0.1, 0.15) is 69.3 Å². The molecule has 1 aliphatic carbocycles. The van der Waals surface area contributed by atoms with Crippen LogP contribution in [0.2, 0.25) is 0 Å². The molecule has 1 saturated carbocycles. The van der Waals surface area contributed by atoms with Gasteiger partial charge in [-0.3, -0.25) is 9.69 Å². The molecule has 2 saturated heterocycles. The topological polar surface area (TPSA) is 80.3 Å². The quantitative estimate of drug-likeness (QED) is 0.330. The number of nitrogens with one attached hydrogen (secondary N) is 1. The standard InChI is InChI=1S/C34H42F3N3O5/c1-21(14-22-6-8-24(36)16-27(22)37)17-39(31(41)23-7-9-29(44-20-35)30(15-23)43-5)18-25-10-12-34-13-11-28(26(34)19-40(25)34)38-32(42)45-33(2,3)4/h6-9,14-16,25-26,28H,10-13,17-20H2,1-5H3,(H,38,42)/b21-14+. The Morgan fingerprint density at radius 3 is 2.56 bits per heavy atom. The number of ether oxygens (including phenoxy) is 3. The average molecular weight is 630 g/mol. The van der Waals surface area contributed by atoms with Crippen LogP contribution in [-0.4, -0.2) is 78.6 Å².